The van der Waals surface area contributed by atoms with Gasteiger partial charge in [0.15, 0.2) is 5.69 Å². The van der Waals surface area contributed by atoms with E-state index in [9.17, 15) is 14.9 Å². The molecule has 0 aliphatic carbocycles. The van der Waals surface area contributed by atoms with Crippen molar-refractivity contribution in [2.45, 2.75) is 20.4 Å². The summed E-state index contributed by atoms with van der Waals surface area (Å²) in [5.74, 6) is 0.168. The Hall–Kier alpha value is -2.91. The summed E-state index contributed by atoms with van der Waals surface area (Å²) in [5.41, 5.74) is 0.970. The Morgan fingerprint density at radius 2 is 2.07 bits per heavy atom. The first-order valence-corrected chi connectivity index (χ1v) is 9.71. The van der Waals surface area contributed by atoms with E-state index in [2.05, 4.69) is 26.3 Å². The third-order valence-electron chi connectivity index (χ3n) is 3.98. The molecule has 2 aromatic carbocycles. The number of carbonyl (C=O) groups excluding carboxylic acids is 1. The minimum Gasteiger partial charge on any atom is -0.457 e. The average Bonchev–Trinajstić information content (AvgIpc) is 3.05. The van der Waals surface area contributed by atoms with Crippen molar-refractivity contribution in [1.82, 2.24) is 9.78 Å². The Kier molecular flexibility index (Phi) is 6.19. The maximum atomic E-state index is 12.6. The normalized spacial score (nSPS) is 10.6. The Balaban J connectivity index is 1.89. The third kappa shape index (κ3) is 4.93. The molecular formula is C19H16BrClN4O4. The van der Waals surface area contributed by atoms with Gasteiger partial charge in [-0.2, -0.15) is 5.10 Å². The maximum Gasteiger partial charge on any atom is 0.277 e. The number of aryl methyl sites for hydroxylation is 2. The van der Waals surface area contributed by atoms with E-state index >= 15 is 0 Å². The van der Waals surface area contributed by atoms with Gasteiger partial charge in [0, 0.05) is 29.9 Å². The van der Waals surface area contributed by atoms with Crippen LogP contribution in [0.5, 0.6) is 11.5 Å². The van der Waals surface area contributed by atoms with Gasteiger partial charge in [0.05, 0.1) is 21.1 Å². The van der Waals surface area contributed by atoms with Gasteiger partial charge in [0.25, 0.3) is 11.6 Å². The number of non-ortho nitro benzene ring substituents is 1. The van der Waals surface area contributed by atoms with Crippen molar-refractivity contribution in [2.75, 3.05) is 5.32 Å². The molecule has 0 spiro atoms. The highest BCUT2D eigenvalue weighted by Crippen LogP contribution is 2.31. The second kappa shape index (κ2) is 8.62. The monoisotopic (exact) mass is 478 g/mol. The zero-order valence-corrected chi connectivity index (χ0v) is 17.8. The van der Waals surface area contributed by atoms with Crippen LogP contribution in [0.15, 0.2) is 47.1 Å². The van der Waals surface area contributed by atoms with Crippen LogP contribution in [0.3, 0.4) is 0 Å². The lowest BCUT2D eigenvalue weighted by molar-refractivity contribution is -0.384. The number of aromatic nitrogens is 2. The predicted octanol–water partition coefficient (Wildman–Crippen LogP) is 5.58. The number of nitro benzene ring substituents is 1. The highest BCUT2D eigenvalue weighted by Gasteiger charge is 2.18. The predicted molar refractivity (Wildman–Crippen MR) is 113 cm³/mol. The van der Waals surface area contributed by atoms with Crippen LogP contribution in [0, 0.1) is 17.0 Å². The van der Waals surface area contributed by atoms with Crippen LogP contribution in [-0.4, -0.2) is 20.6 Å². The summed E-state index contributed by atoms with van der Waals surface area (Å²) in [6.07, 6.45) is 1.68. The fourth-order valence-electron chi connectivity index (χ4n) is 2.54. The largest absolute Gasteiger partial charge is 0.457 e. The number of carbonyl (C=O) groups is 1. The summed E-state index contributed by atoms with van der Waals surface area (Å²) in [7, 11) is 0. The fraction of sp³-hybridized carbons (Fsp3) is 0.158. The molecule has 1 aromatic heterocycles. The molecule has 29 heavy (non-hydrogen) atoms. The molecule has 8 nitrogen and oxygen atoms in total. The lowest BCUT2D eigenvalue weighted by Crippen LogP contribution is -2.14. The van der Waals surface area contributed by atoms with E-state index in [1.165, 1.54) is 18.2 Å². The minimum absolute atomic E-state index is 0.175. The van der Waals surface area contributed by atoms with E-state index in [1.807, 2.05) is 13.8 Å². The van der Waals surface area contributed by atoms with Crippen molar-refractivity contribution >= 4 is 44.8 Å². The summed E-state index contributed by atoms with van der Waals surface area (Å²) in [6, 6.07) is 9.08. The van der Waals surface area contributed by atoms with Crippen molar-refractivity contribution in [3.8, 4) is 11.5 Å². The van der Waals surface area contributed by atoms with Crippen molar-refractivity contribution in [3.63, 3.8) is 0 Å². The second-order valence-corrected chi connectivity index (χ2v) is 7.38. The topological polar surface area (TPSA) is 99.3 Å². The molecule has 0 aliphatic rings. The van der Waals surface area contributed by atoms with Crippen LogP contribution in [0.1, 0.15) is 23.0 Å². The minimum atomic E-state index is -0.558. The molecule has 1 amide bonds. The summed E-state index contributed by atoms with van der Waals surface area (Å²) in [5, 5.41) is 18.7. The van der Waals surface area contributed by atoms with Crippen LogP contribution in [0.25, 0.3) is 0 Å². The van der Waals surface area contributed by atoms with Gasteiger partial charge in [-0.1, -0.05) is 11.6 Å². The lowest BCUT2D eigenvalue weighted by atomic mass is 10.2. The average molecular weight is 480 g/mol. The number of hydrogen-bond donors (Lipinski definition) is 1. The molecule has 3 rings (SSSR count). The van der Waals surface area contributed by atoms with Crippen molar-refractivity contribution in [2.24, 2.45) is 0 Å². The molecule has 0 atom stereocenters. The Morgan fingerprint density at radius 1 is 1.31 bits per heavy atom. The molecule has 0 saturated carbocycles. The van der Waals surface area contributed by atoms with E-state index < -0.39 is 10.8 Å². The van der Waals surface area contributed by atoms with Gasteiger partial charge < -0.3 is 10.1 Å². The van der Waals surface area contributed by atoms with Gasteiger partial charge >= 0.3 is 0 Å². The molecule has 1 N–H and O–H groups in total. The second-order valence-electron chi connectivity index (χ2n) is 6.12. The first kappa shape index (κ1) is 20.8. The molecule has 150 valence electrons. The number of hydrogen-bond acceptors (Lipinski definition) is 5. The summed E-state index contributed by atoms with van der Waals surface area (Å²) >= 11 is 9.31. The molecule has 0 aliphatic heterocycles. The number of amides is 1. The van der Waals surface area contributed by atoms with E-state index in [0.717, 1.165) is 5.56 Å². The standard InChI is InChI=1S/C19H16BrClN4O4/c1-3-24-10-16(20)18(23-24)19(26)22-12-7-13(25(27)28)9-15(8-12)29-14-4-5-17(21)11(2)6-14/h4-10H,3H2,1-2H3,(H,22,26). The van der Waals surface area contributed by atoms with Gasteiger partial charge in [0.2, 0.25) is 0 Å². The summed E-state index contributed by atoms with van der Waals surface area (Å²) in [4.78, 5) is 23.3. The van der Waals surface area contributed by atoms with E-state index in [-0.39, 0.29) is 22.8 Å². The first-order chi connectivity index (χ1) is 13.8. The highest BCUT2D eigenvalue weighted by molar-refractivity contribution is 9.10. The molecule has 10 heteroatoms. The number of nitro groups is 1. The van der Waals surface area contributed by atoms with Crippen molar-refractivity contribution < 1.29 is 14.5 Å². The zero-order valence-electron chi connectivity index (χ0n) is 15.5. The summed E-state index contributed by atoms with van der Waals surface area (Å²) in [6.45, 7) is 4.31. The summed E-state index contributed by atoms with van der Waals surface area (Å²) < 4.78 is 7.86. The number of halogens is 2. The molecule has 1 heterocycles. The number of rotatable bonds is 6. The quantitative estimate of drug-likeness (QED) is 0.367. The SMILES string of the molecule is CCn1cc(Br)c(C(=O)Nc2cc(Oc3ccc(Cl)c(C)c3)cc([N+](=O)[O-])c2)n1. The van der Waals surface area contributed by atoms with Crippen LogP contribution >= 0.6 is 27.5 Å². The Labute approximate surface area is 179 Å². The highest BCUT2D eigenvalue weighted by atomic mass is 79.9. The lowest BCUT2D eigenvalue weighted by Gasteiger charge is -2.10. The molecular weight excluding hydrogens is 464 g/mol. The van der Waals surface area contributed by atoms with Crippen LogP contribution in [-0.2, 0) is 6.54 Å². The van der Waals surface area contributed by atoms with Gasteiger partial charge in [-0.25, -0.2) is 0 Å². The maximum absolute atomic E-state index is 12.6. The fourth-order valence-corrected chi connectivity index (χ4v) is 3.15. The van der Waals surface area contributed by atoms with E-state index in [0.29, 0.717) is 21.8 Å². The number of benzene rings is 2. The zero-order chi connectivity index (χ0) is 21.1. The van der Waals surface area contributed by atoms with Gasteiger partial charge in [0.1, 0.15) is 11.5 Å². The molecule has 0 bridgehead atoms. The van der Waals surface area contributed by atoms with E-state index in [4.69, 9.17) is 16.3 Å². The molecule has 0 unspecified atom stereocenters. The molecule has 0 fully saturated rings. The molecule has 0 radical (unpaired) electrons. The smallest absolute Gasteiger partial charge is 0.277 e. The Bertz CT molecular complexity index is 1100. The Morgan fingerprint density at radius 3 is 2.69 bits per heavy atom. The number of nitrogens with zero attached hydrogens (tertiary/aromatic N) is 3. The van der Waals surface area contributed by atoms with Crippen LogP contribution in [0.2, 0.25) is 5.02 Å². The molecule has 0 saturated heterocycles. The van der Waals surface area contributed by atoms with Crippen molar-refractivity contribution in [1.29, 1.82) is 0 Å². The first-order valence-electron chi connectivity index (χ1n) is 8.54. The van der Waals surface area contributed by atoms with Crippen LogP contribution in [0.4, 0.5) is 11.4 Å². The number of ether oxygens (including phenoxy) is 1. The number of anilines is 1. The van der Waals surface area contributed by atoms with E-state index in [1.54, 1.807) is 29.1 Å². The van der Waals surface area contributed by atoms with Gasteiger partial charge in [-0.3, -0.25) is 19.6 Å². The molecule has 3 aromatic rings. The number of nitrogens with one attached hydrogen (secondary N) is 1. The van der Waals surface area contributed by atoms with Gasteiger partial charge in [-0.05, 0) is 53.5 Å². The third-order valence-corrected chi connectivity index (χ3v) is 4.99. The van der Waals surface area contributed by atoms with Crippen LogP contribution < -0.4 is 10.1 Å². The van der Waals surface area contributed by atoms with Crippen molar-refractivity contribution in [3.05, 3.63) is 73.5 Å². The van der Waals surface area contributed by atoms with Gasteiger partial charge in [-0.15, -0.1) is 0 Å².